The molecule has 3 aromatic rings. The number of fused-ring (bicyclic) bond motifs is 3. The smallest absolute Gasteiger partial charge is 0.416 e. The number of methoxy groups -OCH3 is 1. The van der Waals surface area contributed by atoms with Gasteiger partial charge in [0.05, 0.1) is 31.7 Å². The van der Waals surface area contributed by atoms with E-state index in [-0.39, 0.29) is 29.7 Å². The summed E-state index contributed by atoms with van der Waals surface area (Å²) in [5, 5.41) is 0. The normalized spacial score (nSPS) is 18.6. The van der Waals surface area contributed by atoms with Crippen LogP contribution in [0, 0.1) is 5.82 Å². The zero-order valence-electron chi connectivity index (χ0n) is 19.1. The number of halogens is 4. The minimum atomic E-state index is -4.63. The second kappa shape index (κ2) is 8.96. The van der Waals surface area contributed by atoms with Crippen molar-refractivity contribution in [3.05, 3.63) is 94.3 Å². The molecule has 2 atom stereocenters. The van der Waals surface area contributed by atoms with Crippen molar-refractivity contribution >= 4 is 12.1 Å². The standard InChI is InChI=1S/C27H21F4NO4/c1-35-24(33)11-15-6-9-22(28)21(10-15)19-8-7-18(27(29,30)31)12-17(19)14-32-25-20-5-3-2-4-16(20)13-23(25)36-26(32)34/h2-10,12,23,25H,11,13-14H2,1H3/t23-,25+/m0/s1. The van der Waals surface area contributed by atoms with Crippen LogP contribution >= 0.6 is 0 Å². The molecule has 1 amide bonds. The highest BCUT2D eigenvalue weighted by molar-refractivity contribution is 5.76. The Morgan fingerprint density at radius 1 is 1.08 bits per heavy atom. The maximum absolute atomic E-state index is 14.9. The third-order valence-electron chi connectivity index (χ3n) is 6.64. The molecule has 1 aliphatic carbocycles. The van der Waals surface area contributed by atoms with Crippen LogP contribution in [0.2, 0.25) is 0 Å². The third-order valence-corrected chi connectivity index (χ3v) is 6.64. The van der Waals surface area contributed by atoms with E-state index in [2.05, 4.69) is 4.74 Å². The van der Waals surface area contributed by atoms with Crippen LogP contribution in [0.4, 0.5) is 22.4 Å². The van der Waals surface area contributed by atoms with Gasteiger partial charge in [0.15, 0.2) is 0 Å². The molecule has 0 saturated carbocycles. The molecule has 36 heavy (non-hydrogen) atoms. The van der Waals surface area contributed by atoms with Crippen LogP contribution in [0.3, 0.4) is 0 Å². The van der Waals surface area contributed by atoms with Crippen molar-refractivity contribution in [2.45, 2.75) is 37.7 Å². The fourth-order valence-corrected chi connectivity index (χ4v) is 4.96. The molecule has 1 aliphatic heterocycles. The summed E-state index contributed by atoms with van der Waals surface area (Å²) < 4.78 is 65.9. The van der Waals surface area contributed by atoms with Crippen LogP contribution in [0.25, 0.3) is 11.1 Å². The van der Waals surface area contributed by atoms with Crippen LogP contribution < -0.4 is 0 Å². The summed E-state index contributed by atoms with van der Waals surface area (Å²) in [5.74, 6) is -1.20. The van der Waals surface area contributed by atoms with E-state index in [1.165, 1.54) is 30.2 Å². The van der Waals surface area contributed by atoms with E-state index in [1.54, 1.807) is 0 Å². The van der Waals surface area contributed by atoms with Gasteiger partial charge in [0.2, 0.25) is 0 Å². The number of rotatable bonds is 5. The molecule has 0 aromatic heterocycles. The number of ether oxygens (including phenoxy) is 2. The van der Waals surface area contributed by atoms with Gasteiger partial charge in [0.1, 0.15) is 11.9 Å². The zero-order valence-corrected chi connectivity index (χ0v) is 19.1. The van der Waals surface area contributed by atoms with Gasteiger partial charge < -0.3 is 9.47 Å². The molecule has 1 fully saturated rings. The lowest BCUT2D eigenvalue weighted by atomic mass is 9.94. The molecule has 5 nitrogen and oxygen atoms in total. The van der Waals surface area contributed by atoms with Gasteiger partial charge in [-0.3, -0.25) is 9.69 Å². The highest BCUT2D eigenvalue weighted by atomic mass is 19.4. The summed E-state index contributed by atoms with van der Waals surface area (Å²) in [6.45, 7) is -0.214. The second-order valence-corrected chi connectivity index (χ2v) is 8.83. The molecule has 2 aliphatic rings. The summed E-state index contributed by atoms with van der Waals surface area (Å²) in [6.07, 6.45) is -5.32. The number of carbonyl (C=O) groups is 2. The topological polar surface area (TPSA) is 55.8 Å². The van der Waals surface area contributed by atoms with Gasteiger partial charge in [0.25, 0.3) is 0 Å². The Morgan fingerprint density at radius 3 is 2.61 bits per heavy atom. The van der Waals surface area contributed by atoms with Crippen molar-refractivity contribution in [2.75, 3.05) is 7.11 Å². The summed E-state index contributed by atoms with van der Waals surface area (Å²) >= 11 is 0. The van der Waals surface area contributed by atoms with Crippen molar-refractivity contribution in [3.8, 4) is 11.1 Å². The van der Waals surface area contributed by atoms with Crippen LogP contribution in [0.1, 0.15) is 33.9 Å². The quantitative estimate of drug-likeness (QED) is 0.327. The molecule has 5 rings (SSSR count). The van der Waals surface area contributed by atoms with E-state index in [1.807, 2.05) is 24.3 Å². The summed E-state index contributed by atoms with van der Waals surface area (Å²) in [6, 6.07) is 14.0. The Balaban J connectivity index is 1.58. The molecule has 0 bridgehead atoms. The van der Waals surface area contributed by atoms with Crippen molar-refractivity contribution in [1.82, 2.24) is 4.90 Å². The lowest BCUT2D eigenvalue weighted by molar-refractivity contribution is -0.140. The molecule has 186 valence electrons. The van der Waals surface area contributed by atoms with Crippen LogP contribution in [0.15, 0.2) is 60.7 Å². The van der Waals surface area contributed by atoms with E-state index in [4.69, 9.17) is 4.74 Å². The van der Waals surface area contributed by atoms with Crippen LogP contribution in [0.5, 0.6) is 0 Å². The molecule has 9 heteroatoms. The van der Waals surface area contributed by atoms with E-state index in [9.17, 15) is 27.2 Å². The number of alkyl halides is 3. The average Bonchev–Trinajstić information content (AvgIpc) is 3.34. The Kier molecular flexibility index (Phi) is 5.94. The molecule has 0 unspecified atom stereocenters. The van der Waals surface area contributed by atoms with Gasteiger partial charge in [-0.2, -0.15) is 13.2 Å². The Morgan fingerprint density at radius 2 is 1.86 bits per heavy atom. The first-order valence-corrected chi connectivity index (χ1v) is 11.3. The van der Waals surface area contributed by atoms with E-state index < -0.39 is 41.8 Å². The van der Waals surface area contributed by atoms with Gasteiger partial charge in [-0.05, 0) is 52.1 Å². The predicted molar refractivity (Wildman–Crippen MR) is 121 cm³/mol. The van der Waals surface area contributed by atoms with E-state index in [0.29, 0.717) is 12.0 Å². The Labute approximate surface area is 204 Å². The molecule has 1 saturated heterocycles. The number of benzene rings is 3. The molecule has 0 spiro atoms. The Bertz CT molecular complexity index is 1350. The van der Waals surface area contributed by atoms with Crippen LogP contribution in [-0.4, -0.2) is 30.2 Å². The number of hydrogen-bond donors (Lipinski definition) is 0. The first kappa shape index (κ1) is 23.8. The fraction of sp³-hybridized carbons (Fsp3) is 0.259. The van der Waals surface area contributed by atoms with Crippen LogP contribution in [-0.2, 0) is 39.8 Å². The van der Waals surface area contributed by atoms with Gasteiger partial charge in [-0.25, -0.2) is 9.18 Å². The summed E-state index contributed by atoms with van der Waals surface area (Å²) in [4.78, 5) is 25.9. The maximum atomic E-state index is 14.9. The second-order valence-electron chi connectivity index (χ2n) is 8.83. The Hall–Kier alpha value is -3.88. The van der Waals surface area contributed by atoms with Gasteiger partial charge in [0, 0.05) is 12.0 Å². The molecule has 3 aromatic carbocycles. The average molecular weight is 499 g/mol. The molecule has 1 heterocycles. The first-order valence-electron chi connectivity index (χ1n) is 11.3. The lowest BCUT2D eigenvalue weighted by Crippen LogP contribution is -2.28. The van der Waals surface area contributed by atoms with Crippen molar-refractivity contribution in [2.24, 2.45) is 0 Å². The van der Waals surface area contributed by atoms with E-state index >= 15 is 0 Å². The predicted octanol–water partition coefficient (Wildman–Crippen LogP) is 5.85. The lowest BCUT2D eigenvalue weighted by Gasteiger charge is -2.24. The summed E-state index contributed by atoms with van der Waals surface area (Å²) in [5.41, 5.74) is 1.74. The first-order chi connectivity index (χ1) is 17.2. The minimum Gasteiger partial charge on any atom is -0.469 e. The number of carbonyl (C=O) groups excluding carboxylic acids is 2. The third kappa shape index (κ3) is 4.29. The largest absolute Gasteiger partial charge is 0.469 e. The molecule has 0 N–H and O–H groups in total. The maximum Gasteiger partial charge on any atom is 0.416 e. The zero-order chi connectivity index (χ0) is 25.6. The van der Waals surface area contributed by atoms with Gasteiger partial charge in [-0.15, -0.1) is 0 Å². The van der Waals surface area contributed by atoms with Gasteiger partial charge >= 0.3 is 18.2 Å². The summed E-state index contributed by atoms with van der Waals surface area (Å²) in [7, 11) is 1.23. The minimum absolute atomic E-state index is 0.0241. The molecular formula is C27H21F4NO4. The van der Waals surface area contributed by atoms with E-state index in [0.717, 1.165) is 29.3 Å². The highest BCUT2D eigenvalue weighted by Crippen LogP contribution is 2.44. The van der Waals surface area contributed by atoms with Crippen molar-refractivity contribution in [3.63, 3.8) is 0 Å². The SMILES string of the molecule is COC(=O)Cc1ccc(F)c(-c2ccc(C(F)(F)F)cc2CN2C(=O)O[C@H]3Cc4ccccc4[C@H]32)c1. The molecule has 0 radical (unpaired) electrons. The fourth-order valence-electron chi connectivity index (χ4n) is 4.96. The van der Waals surface area contributed by atoms with Gasteiger partial charge in [-0.1, -0.05) is 36.4 Å². The number of hydrogen-bond acceptors (Lipinski definition) is 4. The van der Waals surface area contributed by atoms with Crippen molar-refractivity contribution < 1.29 is 36.6 Å². The highest BCUT2D eigenvalue weighted by Gasteiger charge is 2.47. The number of amides is 1. The number of nitrogens with zero attached hydrogens (tertiary/aromatic N) is 1. The monoisotopic (exact) mass is 499 g/mol. The van der Waals surface area contributed by atoms with Crippen molar-refractivity contribution in [1.29, 1.82) is 0 Å². The number of esters is 1. The molecular weight excluding hydrogens is 478 g/mol.